The van der Waals surface area contributed by atoms with Crippen molar-refractivity contribution in [1.29, 1.82) is 0 Å². The second-order valence-corrected chi connectivity index (χ2v) is 3.52. The lowest BCUT2D eigenvalue weighted by Crippen LogP contribution is -2.29. The van der Waals surface area contributed by atoms with Gasteiger partial charge >= 0.3 is 0 Å². The Kier molecular flexibility index (Phi) is 6.70. The molecule has 0 bridgehead atoms. The molecule has 1 heterocycles. The Bertz CT molecular complexity index is 270. The summed E-state index contributed by atoms with van der Waals surface area (Å²) in [6.07, 6.45) is 3.85. The second kappa shape index (κ2) is 6.91. The van der Waals surface area contributed by atoms with Crippen LogP contribution in [0, 0.1) is 5.82 Å². The molecule has 1 nitrogen and oxygen atoms in total. The van der Waals surface area contributed by atoms with Crippen molar-refractivity contribution in [1.82, 2.24) is 0 Å². The summed E-state index contributed by atoms with van der Waals surface area (Å²) in [5, 5.41) is 0. The zero-order valence-corrected chi connectivity index (χ0v) is 10.1. The lowest BCUT2D eigenvalue weighted by atomic mass is 10.1. The number of hydrogen-bond acceptors (Lipinski definition) is 1. The molecule has 0 aliphatic carbocycles. The molecule has 0 atom stereocenters. The smallest absolute Gasteiger partial charge is 0.123 e. The van der Waals surface area contributed by atoms with E-state index in [1.54, 1.807) is 0 Å². The van der Waals surface area contributed by atoms with Gasteiger partial charge in [-0.1, -0.05) is 0 Å². The van der Waals surface area contributed by atoms with E-state index in [1.807, 2.05) is 12.1 Å². The van der Waals surface area contributed by atoms with Crippen molar-refractivity contribution in [2.75, 3.05) is 18.0 Å². The number of hydrogen-bond donors (Lipinski definition) is 0. The molecule has 0 N–H and O–H groups in total. The van der Waals surface area contributed by atoms with E-state index in [9.17, 15) is 4.39 Å². The van der Waals surface area contributed by atoms with Gasteiger partial charge < -0.3 is 4.90 Å². The number of benzene rings is 1. The molecule has 0 aromatic heterocycles. The van der Waals surface area contributed by atoms with E-state index < -0.39 is 0 Å². The van der Waals surface area contributed by atoms with Gasteiger partial charge in [-0.2, -0.15) is 0 Å². The molecule has 1 saturated heterocycles. The Morgan fingerprint density at radius 2 is 1.40 bits per heavy atom. The summed E-state index contributed by atoms with van der Waals surface area (Å²) in [4.78, 5) is 2.32. The molecular formula is C11H16Cl2FN. The fraction of sp³-hybridized carbons (Fsp3) is 0.455. The summed E-state index contributed by atoms with van der Waals surface area (Å²) < 4.78 is 12.6. The van der Waals surface area contributed by atoms with Gasteiger partial charge in [0, 0.05) is 18.8 Å². The molecule has 2 rings (SSSR count). The van der Waals surface area contributed by atoms with Crippen molar-refractivity contribution in [3.63, 3.8) is 0 Å². The summed E-state index contributed by atoms with van der Waals surface area (Å²) in [5.74, 6) is -0.152. The van der Waals surface area contributed by atoms with Gasteiger partial charge in [0.25, 0.3) is 0 Å². The molecule has 15 heavy (non-hydrogen) atoms. The van der Waals surface area contributed by atoms with Crippen LogP contribution in [-0.4, -0.2) is 13.1 Å². The Morgan fingerprint density at radius 3 is 1.93 bits per heavy atom. The normalized spacial score (nSPS) is 15.1. The average molecular weight is 252 g/mol. The average Bonchev–Trinajstić information content (AvgIpc) is 2.20. The van der Waals surface area contributed by atoms with Gasteiger partial charge in [-0.25, -0.2) is 4.39 Å². The van der Waals surface area contributed by atoms with Crippen LogP contribution < -0.4 is 4.90 Å². The predicted octanol–water partition coefficient (Wildman–Crippen LogP) is 3.66. The summed E-state index contributed by atoms with van der Waals surface area (Å²) >= 11 is 0. The topological polar surface area (TPSA) is 3.24 Å². The van der Waals surface area contributed by atoms with Crippen LogP contribution in [0.3, 0.4) is 0 Å². The van der Waals surface area contributed by atoms with E-state index in [2.05, 4.69) is 4.90 Å². The standard InChI is InChI=1S/C11H14FN.2ClH/c12-10-4-6-11(7-5-10)13-8-2-1-3-9-13;;/h4-7H,1-3,8-9H2;2*1H. The van der Waals surface area contributed by atoms with Gasteiger partial charge in [-0.15, -0.1) is 24.8 Å². The van der Waals surface area contributed by atoms with E-state index in [1.165, 1.54) is 31.4 Å². The number of nitrogens with zero attached hydrogens (tertiary/aromatic N) is 1. The van der Waals surface area contributed by atoms with E-state index >= 15 is 0 Å². The molecule has 0 unspecified atom stereocenters. The highest BCUT2D eigenvalue weighted by Gasteiger charge is 2.09. The Hall–Kier alpha value is -0.470. The zero-order chi connectivity index (χ0) is 9.10. The molecule has 0 spiro atoms. The Balaban J connectivity index is 0.000000980. The minimum Gasteiger partial charge on any atom is -0.372 e. The van der Waals surface area contributed by atoms with Crippen LogP contribution in [0.2, 0.25) is 0 Å². The van der Waals surface area contributed by atoms with Crippen LogP contribution in [0.1, 0.15) is 19.3 Å². The van der Waals surface area contributed by atoms with Gasteiger partial charge in [0.1, 0.15) is 5.82 Å². The zero-order valence-electron chi connectivity index (χ0n) is 8.49. The minimum atomic E-state index is -0.152. The maximum absolute atomic E-state index is 12.6. The summed E-state index contributed by atoms with van der Waals surface area (Å²) in [5.41, 5.74) is 1.15. The molecule has 86 valence electrons. The first-order chi connectivity index (χ1) is 6.36. The molecule has 1 aliphatic heterocycles. The van der Waals surface area contributed by atoms with Gasteiger partial charge in [0.15, 0.2) is 0 Å². The van der Waals surface area contributed by atoms with Crippen molar-refractivity contribution >= 4 is 30.5 Å². The quantitative estimate of drug-likeness (QED) is 0.737. The first-order valence-electron chi connectivity index (χ1n) is 4.87. The van der Waals surface area contributed by atoms with Crippen LogP contribution in [-0.2, 0) is 0 Å². The second-order valence-electron chi connectivity index (χ2n) is 3.52. The van der Waals surface area contributed by atoms with E-state index in [0.717, 1.165) is 18.8 Å². The highest BCUT2D eigenvalue weighted by atomic mass is 35.5. The van der Waals surface area contributed by atoms with E-state index in [-0.39, 0.29) is 30.6 Å². The fourth-order valence-corrected chi connectivity index (χ4v) is 1.80. The Morgan fingerprint density at radius 1 is 0.867 bits per heavy atom. The van der Waals surface area contributed by atoms with Gasteiger partial charge in [-0.3, -0.25) is 0 Å². The number of halogens is 3. The predicted molar refractivity (Wildman–Crippen MR) is 67.0 cm³/mol. The molecule has 0 radical (unpaired) electrons. The summed E-state index contributed by atoms with van der Waals surface area (Å²) in [6, 6.07) is 6.79. The lowest BCUT2D eigenvalue weighted by molar-refractivity contribution is 0.576. The van der Waals surface area contributed by atoms with Crippen molar-refractivity contribution < 1.29 is 4.39 Å². The maximum atomic E-state index is 12.6. The molecule has 1 aromatic rings. The Labute approximate surface area is 102 Å². The highest BCUT2D eigenvalue weighted by Crippen LogP contribution is 2.19. The third-order valence-corrected chi connectivity index (χ3v) is 2.55. The summed E-state index contributed by atoms with van der Waals surface area (Å²) in [6.45, 7) is 2.23. The number of anilines is 1. The third-order valence-electron chi connectivity index (χ3n) is 2.55. The number of piperidine rings is 1. The first-order valence-corrected chi connectivity index (χ1v) is 4.87. The maximum Gasteiger partial charge on any atom is 0.123 e. The van der Waals surface area contributed by atoms with Gasteiger partial charge in [0.05, 0.1) is 0 Å². The van der Waals surface area contributed by atoms with Crippen LogP contribution in [0.5, 0.6) is 0 Å². The van der Waals surface area contributed by atoms with Crippen molar-refractivity contribution in [3.05, 3.63) is 30.1 Å². The molecule has 0 saturated carbocycles. The molecule has 0 amide bonds. The van der Waals surface area contributed by atoms with Crippen LogP contribution in [0.15, 0.2) is 24.3 Å². The molecular weight excluding hydrogens is 236 g/mol. The molecule has 1 aromatic carbocycles. The van der Waals surface area contributed by atoms with Gasteiger partial charge in [0.2, 0.25) is 0 Å². The number of rotatable bonds is 1. The largest absolute Gasteiger partial charge is 0.372 e. The molecule has 1 fully saturated rings. The van der Waals surface area contributed by atoms with Gasteiger partial charge in [-0.05, 0) is 43.5 Å². The fourth-order valence-electron chi connectivity index (χ4n) is 1.80. The van der Waals surface area contributed by atoms with Crippen molar-refractivity contribution in [3.8, 4) is 0 Å². The van der Waals surface area contributed by atoms with Crippen LogP contribution in [0.4, 0.5) is 10.1 Å². The lowest BCUT2D eigenvalue weighted by Gasteiger charge is -2.28. The summed E-state index contributed by atoms with van der Waals surface area (Å²) in [7, 11) is 0. The first kappa shape index (κ1) is 14.5. The van der Waals surface area contributed by atoms with E-state index in [4.69, 9.17) is 0 Å². The third kappa shape index (κ3) is 3.88. The van der Waals surface area contributed by atoms with Crippen LogP contribution >= 0.6 is 24.8 Å². The van der Waals surface area contributed by atoms with Crippen molar-refractivity contribution in [2.24, 2.45) is 0 Å². The SMILES string of the molecule is Cl.Cl.Fc1ccc(N2CCCCC2)cc1. The van der Waals surface area contributed by atoms with Crippen LogP contribution in [0.25, 0.3) is 0 Å². The molecule has 4 heteroatoms. The van der Waals surface area contributed by atoms with Crippen molar-refractivity contribution in [2.45, 2.75) is 19.3 Å². The molecule has 1 aliphatic rings. The van der Waals surface area contributed by atoms with E-state index in [0.29, 0.717) is 0 Å². The minimum absolute atomic E-state index is 0. The highest BCUT2D eigenvalue weighted by molar-refractivity contribution is 5.85. The monoisotopic (exact) mass is 251 g/mol.